The third-order valence-electron chi connectivity index (χ3n) is 3.19. The fourth-order valence-corrected chi connectivity index (χ4v) is 2.30. The molecule has 0 saturated heterocycles. The van der Waals surface area contributed by atoms with Gasteiger partial charge in [-0.25, -0.2) is 5.10 Å². The summed E-state index contributed by atoms with van der Waals surface area (Å²) in [6.07, 6.45) is 6.91. The van der Waals surface area contributed by atoms with E-state index in [0.717, 1.165) is 25.7 Å². The van der Waals surface area contributed by atoms with Gasteiger partial charge in [-0.1, -0.05) is 19.3 Å². The molecule has 88 valence electrons. The molecule has 0 radical (unpaired) electrons. The lowest BCUT2D eigenvalue weighted by Gasteiger charge is -2.37. The largest absolute Gasteiger partial charge is 0.394 e. The second-order valence-electron chi connectivity index (χ2n) is 4.46. The van der Waals surface area contributed by atoms with Crippen molar-refractivity contribution in [3.05, 3.63) is 22.6 Å². The molecule has 0 bridgehead atoms. The minimum Gasteiger partial charge on any atom is -0.394 e. The summed E-state index contributed by atoms with van der Waals surface area (Å²) in [7, 11) is 0. The van der Waals surface area contributed by atoms with E-state index in [9.17, 15) is 9.90 Å². The van der Waals surface area contributed by atoms with Crippen LogP contribution in [0.25, 0.3) is 0 Å². The molecule has 2 rings (SSSR count). The molecule has 0 aromatic carbocycles. The maximum Gasteiger partial charge on any atom is 0.266 e. The Labute approximate surface area is 93.9 Å². The first-order valence-corrected chi connectivity index (χ1v) is 5.68. The van der Waals surface area contributed by atoms with Crippen molar-refractivity contribution < 1.29 is 5.11 Å². The minimum absolute atomic E-state index is 0.0970. The summed E-state index contributed by atoms with van der Waals surface area (Å²) < 4.78 is 0. The van der Waals surface area contributed by atoms with Crippen LogP contribution >= 0.6 is 0 Å². The third-order valence-corrected chi connectivity index (χ3v) is 3.19. The Morgan fingerprint density at radius 1 is 1.44 bits per heavy atom. The van der Waals surface area contributed by atoms with Crippen LogP contribution in [0.1, 0.15) is 32.1 Å². The van der Waals surface area contributed by atoms with Crippen LogP contribution in [-0.4, -0.2) is 27.4 Å². The lowest BCUT2D eigenvalue weighted by atomic mass is 9.82. The molecule has 0 atom stereocenters. The quantitative estimate of drug-likeness (QED) is 0.710. The maximum absolute atomic E-state index is 11.1. The summed E-state index contributed by atoms with van der Waals surface area (Å²) in [4.78, 5) is 11.1. The van der Waals surface area contributed by atoms with E-state index in [4.69, 9.17) is 0 Å². The third kappa shape index (κ3) is 2.41. The Kier molecular flexibility index (Phi) is 3.24. The highest BCUT2D eigenvalue weighted by Crippen LogP contribution is 2.30. The summed E-state index contributed by atoms with van der Waals surface area (Å²) in [6.45, 7) is 0.0970. The van der Waals surface area contributed by atoms with Gasteiger partial charge in [0.2, 0.25) is 0 Å². The van der Waals surface area contributed by atoms with Crippen molar-refractivity contribution >= 4 is 5.69 Å². The normalized spacial score (nSPS) is 19.3. The Balaban J connectivity index is 2.14. The predicted octanol–water partition coefficient (Wildman–Crippen LogP) is 0.877. The molecule has 1 aliphatic carbocycles. The van der Waals surface area contributed by atoms with Crippen molar-refractivity contribution in [1.29, 1.82) is 0 Å². The zero-order valence-corrected chi connectivity index (χ0v) is 9.20. The minimum atomic E-state index is -0.270. The fourth-order valence-electron chi connectivity index (χ4n) is 2.30. The van der Waals surface area contributed by atoms with E-state index in [-0.39, 0.29) is 17.7 Å². The topological polar surface area (TPSA) is 78.0 Å². The number of nitrogens with zero attached hydrogens (tertiary/aromatic N) is 1. The number of aromatic nitrogens is 2. The van der Waals surface area contributed by atoms with Gasteiger partial charge in [0.05, 0.1) is 24.0 Å². The Morgan fingerprint density at radius 2 is 2.19 bits per heavy atom. The molecule has 0 unspecified atom stereocenters. The van der Waals surface area contributed by atoms with Crippen molar-refractivity contribution in [3.63, 3.8) is 0 Å². The van der Waals surface area contributed by atoms with Crippen LogP contribution in [0.15, 0.2) is 17.1 Å². The van der Waals surface area contributed by atoms with Crippen molar-refractivity contribution in [2.45, 2.75) is 37.6 Å². The van der Waals surface area contributed by atoms with Crippen LogP contribution in [0.4, 0.5) is 5.69 Å². The number of rotatable bonds is 3. The van der Waals surface area contributed by atoms with Crippen LogP contribution in [0.5, 0.6) is 0 Å². The molecule has 0 amide bonds. The molecular weight excluding hydrogens is 206 g/mol. The summed E-state index contributed by atoms with van der Waals surface area (Å²) >= 11 is 0. The summed E-state index contributed by atoms with van der Waals surface area (Å²) in [6, 6.07) is 1.47. The number of hydrogen-bond acceptors (Lipinski definition) is 4. The number of aromatic amines is 1. The van der Waals surface area contributed by atoms with E-state index in [1.54, 1.807) is 6.20 Å². The smallest absolute Gasteiger partial charge is 0.266 e. The molecule has 1 heterocycles. The maximum atomic E-state index is 11.1. The van der Waals surface area contributed by atoms with Crippen molar-refractivity contribution in [2.75, 3.05) is 11.9 Å². The number of aliphatic hydroxyl groups is 1. The summed E-state index contributed by atoms with van der Waals surface area (Å²) in [5, 5.41) is 18.8. The van der Waals surface area contributed by atoms with Gasteiger partial charge in [-0.15, -0.1) is 0 Å². The van der Waals surface area contributed by atoms with Gasteiger partial charge in [0.15, 0.2) is 0 Å². The highest BCUT2D eigenvalue weighted by Gasteiger charge is 2.31. The second kappa shape index (κ2) is 4.65. The molecule has 1 aliphatic rings. The van der Waals surface area contributed by atoms with Crippen molar-refractivity contribution in [2.24, 2.45) is 0 Å². The average molecular weight is 223 g/mol. The van der Waals surface area contributed by atoms with E-state index >= 15 is 0 Å². The van der Waals surface area contributed by atoms with E-state index < -0.39 is 0 Å². The number of H-pyrrole nitrogens is 1. The number of aliphatic hydroxyl groups excluding tert-OH is 1. The fraction of sp³-hybridized carbons (Fsp3) is 0.636. The van der Waals surface area contributed by atoms with Gasteiger partial charge < -0.3 is 10.4 Å². The average Bonchev–Trinajstić information content (AvgIpc) is 2.30. The van der Waals surface area contributed by atoms with E-state index in [2.05, 4.69) is 15.5 Å². The molecule has 1 saturated carbocycles. The van der Waals surface area contributed by atoms with E-state index in [0.29, 0.717) is 5.69 Å². The highest BCUT2D eigenvalue weighted by molar-refractivity contribution is 5.42. The zero-order valence-electron chi connectivity index (χ0n) is 9.20. The Hall–Kier alpha value is -1.36. The number of nitrogens with one attached hydrogen (secondary N) is 2. The van der Waals surface area contributed by atoms with Gasteiger partial charge >= 0.3 is 0 Å². The first kappa shape index (κ1) is 11.1. The molecule has 0 spiro atoms. The van der Waals surface area contributed by atoms with Gasteiger partial charge in [-0.3, -0.25) is 4.79 Å². The Bertz CT molecular complexity index is 396. The number of hydrogen-bond donors (Lipinski definition) is 3. The summed E-state index contributed by atoms with van der Waals surface area (Å²) in [5.41, 5.74) is 0.182. The molecule has 5 heteroatoms. The number of anilines is 1. The monoisotopic (exact) mass is 223 g/mol. The van der Waals surface area contributed by atoms with Gasteiger partial charge in [0, 0.05) is 6.07 Å². The molecule has 16 heavy (non-hydrogen) atoms. The molecule has 0 aliphatic heterocycles. The van der Waals surface area contributed by atoms with Gasteiger partial charge in [0.1, 0.15) is 0 Å². The molecular formula is C11H17N3O2. The lowest BCUT2D eigenvalue weighted by molar-refractivity contribution is 0.173. The summed E-state index contributed by atoms with van der Waals surface area (Å²) in [5.74, 6) is 0. The van der Waals surface area contributed by atoms with Crippen LogP contribution < -0.4 is 10.9 Å². The molecule has 1 fully saturated rings. The molecule has 1 aromatic heterocycles. The first-order chi connectivity index (χ1) is 7.74. The van der Waals surface area contributed by atoms with E-state index in [1.165, 1.54) is 12.5 Å². The molecule has 5 nitrogen and oxygen atoms in total. The van der Waals surface area contributed by atoms with Gasteiger partial charge in [0.25, 0.3) is 5.56 Å². The zero-order chi connectivity index (χ0) is 11.4. The van der Waals surface area contributed by atoms with Gasteiger partial charge in [-0.2, -0.15) is 5.10 Å². The van der Waals surface area contributed by atoms with Crippen LogP contribution in [0, 0.1) is 0 Å². The van der Waals surface area contributed by atoms with Crippen LogP contribution in [-0.2, 0) is 0 Å². The predicted molar refractivity (Wildman–Crippen MR) is 61.4 cm³/mol. The van der Waals surface area contributed by atoms with Gasteiger partial charge in [-0.05, 0) is 12.8 Å². The Morgan fingerprint density at radius 3 is 2.81 bits per heavy atom. The van der Waals surface area contributed by atoms with E-state index in [1.807, 2.05) is 0 Å². The van der Waals surface area contributed by atoms with Crippen molar-refractivity contribution in [1.82, 2.24) is 10.2 Å². The van der Waals surface area contributed by atoms with Crippen LogP contribution in [0.3, 0.4) is 0 Å². The van der Waals surface area contributed by atoms with Crippen molar-refractivity contribution in [3.8, 4) is 0 Å². The molecule has 1 aromatic rings. The standard InChI is InChI=1S/C11H17N3O2/c15-8-11(4-2-1-3-5-11)13-9-6-10(16)14-12-7-9/h6-7,15H,1-5,8H2,(H2,13,14,16). The molecule has 3 N–H and O–H groups in total. The SMILES string of the molecule is O=c1cc(NC2(CO)CCCCC2)cn[nH]1. The van der Waals surface area contributed by atoms with Crippen LogP contribution in [0.2, 0.25) is 0 Å². The lowest BCUT2D eigenvalue weighted by Crippen LogP contribution is -2.44. The second-order valence-corrected chi connectivity index (χ2v) is 4.46. The first-order valence-electron chi connectivity index (χ1n) is 5.68. The highest BCUT2D eigenvalue weighted by atomic mass is 16.3.